The lowest BCUT2D eigenvalue weighted by Crippen LogP contribution is -1.85. The van der Waals surface area contributed by atoms with Crippen molar-refractivity contribution < 1.29 is 0 Å². The van der Waals surface area contributed by atoms with Gasteiger partial charge in [0.15, 0.2) is 0 Å². The summed E-state index contributed by atoms with van der Waals surface area (Å²) in [4.78, 5) is 8.33. The second-order valence-electron chi connectivity index (χ2n) is 9.67. The highest BCUT2D eigenvalue weighted by atomic mass is 14.9. The molecule has 0 aliphatic carbocycles. The summed E-state index contributed by atoms with van der Waals surface area (Å²) in [6.07, 6.45) is 7.53. The number of nitrogens with zero attached hydrogens (tertiary/aromatic N) is 4. The largest absolute Gasteiger partial charge is 0.344 e. The van der Waals surface area contributed by atoms with Gasteiger partial charge in [0.1, 0.15) is 0 Å². The molecule has 0 atom stereocenters. The summed E-state index contributed by atoms with van der Waals surface area (Å²) in [6.45, 7) is 8.00. The fourth-order valence-corrected chi connectivity index (χ4v) is 5.28. The average molecular weight is 579 g/mol. The Kier molecular flexibility index (Phi) is 11.4. The van der Waals surface area contributed by atoms with Crippen LogP contribution in [0.15, 0.2) is 146 Å². The van der Waals surface area contributed by atoms with Crippen LogP contribution in [0.5, 0.6) is 0 Å². The number of fused-ring (bicyclic) bond motifs is 6. The molecular formula is C40H42N4. The van der Waals surface area contributed by atoms with E-state index in [9.17, 15) is 0 Å². The predicted octanol–water partition coefficient (Wildman–Crippen LogP) is 10.9. The molecule has 0 radical (unpaired) electrons. The molecule has 0 amide bonds. The number of rotatable bonds is 1. The minimum absolute atomic E-state index is 1.23. The number of pyridine rings is 2. The van der Waals surface area contributed by atoms with Crippen LogP contribution in [0.25, 0.3) is 54.7 Å². The molecule has 0 aliphatic heterocycles. The molecule has 44 heavy (non-hydrogen) atoms. The molecule has 222 valence electrons. The minimum atomic E-state index is 1.23. The second-order valence-corrected chi connectivity index (χ2v) is 9.67. The van der Waals surface area contributed by atoms with Gasteiger partial charge in [-0.15, -0.1) is 0 Å². The third-order valence-corrected chi connectivity index (χ3v) is 7.31. The molecule has 8 rings (SSSR count). The maximum absolute atomic E-state index is 4.16. The smallest absolute Gasteiger partial charge is 0.0519 e. The molecule has 4 aromatic heterocycles. The van der Waals surface area contributed by atoms with Crippen molar-refractivity contribution in [2.24, 2.45) is 14.1 Å². The first-order chi connectivity index (χ1) is 21.7. The SMILES string of the molecule is CC.CC.Cn1c2ccccc2c2cnccc21.Cn1c2ccccc2c2cnccc21.c1ccc(-c2ccccc2)cc1. The zero-order valence-electron chi connectivity index (χ0n) is 26.6. The van der Waals surface area contributed by atoms with E-state index in [1.54, 1.807) is 0 Å². The standard InChI is InChI=1S/2C12H10N2.C12H10.2C2H6/c2*1-14-11-5-3-2-4-9(11)10-8-13-7-6-12(10)14;1-3-7-11(8-4-1)12-9-5-2-6-10-12;2*1-2/h2*2-8H,1H3;1-10H;2*1-2H3. The maximum atomic E-state index is 4.16. The van der Waals surface area contributed by atoms with Gasteiger partial charge >= 0.3 is 0 Å². The molecule has 8 aromatic rings. The predicted molar refractivity (Wildman–Crippen MR) is 191 cm³/mol. The van der Waals surface area contributed by atoms with Crippen molar-refractivity contribution >= 4 is 43.6 Å². The molecule has 0 unspecified atom stereocenters. The van der Waals surface area contributed by atoms with E-state index < -0.39 is 0 Å². The van der Waals surface area contributed by atoms with Gasteiger partial charge in [-0.25, -0.2) is 0 Å². The van der Waals surface area contributed by atoms with Gasteiger partial charge in [0.05, 0.1) is 11.0 Å². The van der Waals surface area contributed by atoms with Crippen molar-refractivity contribution in [2.75, 3.05) is 0 Å². The van der Waals surface area contributed by atoms with Crippen molar-refractivity contribution in [1.29, 1.82) is 0 Å². The van der Waals surface area contributed by atoms with Crippen LogP contribution in [-0.2, 0) is 14.1 Å². The van der Waals surface area contributed by atoms with E-state index in [0.717, 1.165) is 0 Å². The van der Waals surface area contributed by atoms with Crippen LogP contribution in [0.1, 0.15) is 27.7 Å². The Hall–Kier alpha value is -5.22. The van der Waals surface area contributed by atoms with E-state index in [4.69, 9.17) is 0 Å². The molecule has 0 N–H and O–H groups in total. The van der Waals surface area contributed by atoms with E-state index in [-0.39, 0.29) is 0 Å². The summed E-state index contributed by atoms with van der Waals surface area (Å²) >= 11 is 0. The van der Waals surface area contributed by atoms with Crippen molar-refractivity contribution in [3.63, 3.8) is 0 Å². The van der Waals surface area contributed by atoms with Crippen LogP contribution in [-0.4, -0.2) is 19.1 Å². The molecule has 4 aromatic carbocycles. The van der Waals surface area contributed by atoms with Gasteiger partial charge < -0.3 is 9.13 Å². The summed E-state index contributed by atoms with van der Waals surface area (Å²) in [5.41, 5.74) is 7.55. The zero-order valence-corrected chi connectivity index (χ0v) is 26.6. The number of hydrogen-bond donors (Lipinski definition) is 0. The van der Waals surface area contributed by atoms with Crippen LogP contribution in [0.4, 0.5) is 0 Å². The highest BCUT2D eigenvalue weighted by Gasteiger charge is 2.06. The summed E-state index contributed by atoms with van der Waals surface area (Å²) in [7, 11) is 4.18. The summed E-state index contributed by atoms with van der Waals surface area (Å²) in [5.74, 6) is 0. The molecule has 0 spiro atoms. The maximum Gasteiger partial charge on any atom is 0.0519 e. The average Bonchev–Trinajstić information content (AvgIpc) is 3.59. The van der Waals surface area contributed by atoms with Crippen LogP contribution in [0.3, 0.4) is 0 Å². The van der Waals surface area contributed by atoms with Gasteiger partial charge in [0, 0.05) is 71.5 Å². The summed E-state index contributed by atoms with van der Waals surface area (Å²) in [6, 6.07) is 41.7. The normalized spacial score (nSPS) is 10.0. The van der Waals surface area contributed by atoms with Crippen LogP contribution in [0, 0.1) is 0 Å². The van der Waals surface area contributed by atoms with E-state index in [1.165, 1.54) is 54.7 Å². The van der Waals surface area contributed by atoms with E-state index in [1.807, 2.05) is 64.6 Å². The second kappa shape index (κ2) is 15.9. The Bertz CT molecular complexity index is 1760. The fraction of sp³-hybridized carbons (Fsp3) is 0.150. The topological polar surface area (TPSA) is 35.6 Å². The number of benzene rings is 4. The quantitative estimate of drug-likeness (QED) is 0.194. The molecule has 0 bridgehead atoms. The lowest BCUT2D eigenvalue weighted by atomic mass is 10.1. The van der Waals surface area contributed by atoms with Gasteiger partial charge in [-0.3, -0.25) is 9.97 Å². The van der Waals surface area contributed by atoms with Crippen LogP contribution < -0.4 is 0 Å². The highest BCUT2D eigenvalue weighted by molar-refractivity contribution is 6.08. The molecule has 0 aliphatic rings. The third kappa shape index (κ3) is 6.87. The van der Waals surface area contributed by atoms with Gasteiger partial charge in [0.2, 0.25) is 0 Å². The molecule has 4 heteroatoms. The lowest BCUT2D eigenvalue weighted by molar-refractivity contribution is 1.01. The third-order valence-electron chi connectivity index (χ3n) is 7.31. The molecule has 0 fully saturated rings. The fourth-order valence-electron chi connectivity index (χ4n) is 5.28. The molecular weight excluding hydrogens is 536 g/mol. The van der Waals surface area contributed by atoms with Crippen LogP contribution in [0.2, 0.25) is 0 Å². The highest BCUT2D eigenvalue weighted by Crippen LogP contribution is 2.27. The molecule has 4 nitrogen and oxygen atoms in total. The van der Waals surface area contributed by atoms with Gasteiger partial charge in [0.25, 0.3) is 0 Å². The number of aromatic nitrogens is 4. The molecule has 0 saturated heterocycles. The van der Waals surface area contributed by atoms with Crippen LogP contribution >= 0.6 is 0 Å². The first kappa shape index (κ1) is 31.7. The Morgan fingerprint density at radius 3 is 1.07 bits per heavy atom. The summed E-state index contributed by atoms with van der Waals surface area (Å²) < 4.78 is 4.40. The first-order valence-electron chi connectivity index (χ1n) is 15.4. The van der Waals surface area contributed by atoms with Gasteiger partial charge in [-0.2, -0.15) is 0 Å². The number of aryl methyl sites for hydroxylation is 2. The Morgan fingerprint density at radius 2 is 0.682 bits per heavy atom. The molecule has 0 saturated carbocycles. The van der Waals surface area contributed by atoms with Gasteiger partial charge in [-0.1, -0.05) is 125 Å². The number of hydrogen-bond acceptors (Lipinski definition) is 2. The number of para-hydroxylation sites is 2. The minimum Gasteiger partial charge on any atom is -0.344 e. The van der Waals surface area contributed by atoms with E-state index in [2.05, 4.69) is 142 Å². The molecule has 4 heterocycles. The monoisotopic (exact) mass is 578 g/mol. The first-order valence-corrected chi connectivity index (χ1v) is 15.4. The summed E-state index contributed by atoms with van der Waals surface area (Å²) in [5, 5.41) is 5.01. The lowest BCUT2D eigenvalue weighted by Gasteiger charge is -1.98. The van der Waals surface area contributed by atoms with Crippen molar-refractivity contribution in [1.82, 2.24) is 19.1 Å². The van der Waals surface area contributed by atoms with Gasteiger partial charge in [-0.05, 0) is 35.4 Å². The zero-order chi connectivity index (χ0) is 31.3. The van der Waals surface area contributed by atoms with Crippen molar-refractivity contribution in [2.45, 2.75) is 27.7 Å². The Labute approximate surface area is 261 Å². The Morgan fingerprint density at radius 1 is 0.364 bits per heavy atom. The van der Waals surface area contributed by atoms with E-state index in [0.29, 0.717) is 0 Å². The van der Waals surface area contributed by atoms with Crippen molar-refractivity contribution in [3.8, 4) is 11.1 Å². The van der Waals surface area contributed by atoms with Crippen molar-refractivity contribution in [3.05, 3.63) is 146 Å². The Balaban J connectivity index is 0.000000143. The van der Waals surface area contributed by atoms with E-state index >= 15 is 0 Å².